The lowest BCUT2D eigenvalue weighted by molar-refractivity contribution is -0.118. The van der Waals surface area contributed by atoms with Crippen molar-refractivity contribution in [3.05, 3.63) is 75.7 Å². The molecule has 2 aromatic carbocycles. The van der Waals surface area contributed by atoms with Crippen molar-refractivity contribution in [2.45, 2.75) is 26.8 Å². The van der Waals surface area contributed by atoms with Gasteiger partial charge in [0.25, 0.3) is 5.56 Å². The highest BCUT2D eigenvalue weighted by molar-refractivity contribution is 7.19. The van der Waals surface area contributed by atoms with Gasteiger partial charge in [-0.1, -0.05) is 42.0 Å². The van der Waals surface area contributed by atoms with E-state index in [0.29, 0.717) is 21.7 Å². The van der Waals surface area contributed by atoms with E-state index in [-0.39, 0.29) is 11.5 Å². The summed E-state index contributed by atoms with van der Waals surface area (Å²) in [6.45, 7) is 5.70. The molecule has 0 fully saturated rings. The van der Waals surface area contributed by atoms with E-state index in [2.05, 4.69) is 10.3 Å². The maximum Gasteiger partial charge on any atom is 0.263 e. The Balaban J connectivity index is 1.75. The number of amides is 1. The van der Waals surface area contributed by atoms with E-state index in [9.17, 15) is 9.59 Å². The molecule has 2 aromatic heterocycles. The third kappa shape index (κ3) is 3.84. The third-order valence-electron chi connectivity index (χ3n) is 5.32. The van der Waals surface area contributed by atoms with Crippen LogP contribution in [0.25, 0.3) is 21.3 Å². The molecule has 2 heterocycles. The fraction of sp³-hybridized carbons (Fsp3) is 0.208. The summed E-state index contributed by atoms with van der Waals surface area (Å²) in [6, 6.07) is 14.5. The van der Waals surface area contributed by atoms with Gasteiger partial charge in [-0.3, -0.25) is 14.2 Å². The minimum absolute atomic E-state index is 0.229. The first kappa shape index (κ1) is 20.8. The standard InChI is InChI=1S/C24H23N3O3S/c1-14-9-11-17(12-10-14)20-16(3)31-23-21(20)24(29)27(13-25-23)15(2)22(28)26-18-7-5-6-8-19(18)30-4/h5-13,15H,1-4H3,(H,26,28). The number of ether oxygens (including phenoxy) is 1. The zero-order chi connectivity index (χ0) is 22.1. The van der Waals surface area contributed by atoms with Crippen molar-refractivity contribution in [2.75, 3.05) is 12.4 Å². The Bertz CT molecular complexity index is 1320. The first-order chi connectivity index (χ1) is 14.9. The van der Waals surface area contributed by atoms with Gasteiger partial charge >= 0.3 is 0 Å². The number of thiophene rings is 1. The lowest BCUT2D eigenvalue weighted by Crippen LogP contribution is -2.31. The normalized spacial score (nSPS) is 12.0. The second-order valence-electron chi connectivity index (χ2n) is 7.40. The molecule has 1 unspecified atom stereocenters. The molecule has 7 heteroatoms. The number of carbonyl (C=O) groups is 1. The van der Waals surface area contributed by atoms with Crippen LogP contribution in [0.5, 0.6) is 5.75 Å². The number of aryl methyl sites for hydroxylation is 2. The molecule has 4 rings (SSSR count). The quantitative estimate of drug-likeness (QED) is 0.483. The summed E-state index contributed by atoms with van der Waals surface area (Å²) in [7, 11) is 1.54. The number of nitrogens with one attached hydrogen (secondary N) is 1. The highest BCUT2D eigenvalue weighted by Gasteiger charge is 2.22. The number of hydrogen-bond acceptors (Lipinski definition) is 5. The highest BCUT2D eigenvalue weighted by atomic mass is 32.1. The zero-order valence-electron chi connectivity index (χ0n) is 17.8. The molecule has 0 saturated carbocycles. The van der Waals surface area contributed by atoms with Crippen LogP contribution in [0.3, 0.4) is 0 Å². The zero-order valence-corrected chi connectivity index (χ0v) is 18.6. The Hall–Kier alpha value is -3.45. The number of benzene rings is 2. The molecular formula is C24H23N3O3S. The number of aromatic nitrogens is 2. The fourth-order valence-electron chi connectivity index (χ4n) is 3.57. The first-order valence-electron chi connectivity index (χ1n) is 9.92. The molecule has 31 heavy (non-hydrogen) atoms. The largest absolute Gasteiger partial charge is 0.495 e. The van der Waals surface area contributed by atoms with Crippen LogP contribution in [-0.4, -0.2) is 22.6 Å². The Kier molecular flexibility index (Phi) is 5.61. The van der Waals surface area contributed by atoms with Crippen molar-refractivity contribution < 1.29 is 9.53 Å². The molecule has 158 valence electrons. The SMILES string of the molecule is COc1ccccc1NC(=O)C(C)n1cnc2sc(C)c(-c3ccc(C)cc3)c2c1=O. The van der Waals surface area contributed by atoms with E-state index in [1.165, 1.54) is 22.2 Å². The number of rotatable bonds is 5. The average molecular weight is 434 g/mol. The number of anilines is 1. The van der Waals surface area contributed by atoms with Gasteiger partial charge in [-0.2, -0.15) is 0 Å². The summed E-state index contributed by atoms with van der Waals surface area (Å²) in [5, 5.41) is 3.39. The van der Waals surface area contributed by atoms with Gasteiger partial charge in [-0.15, -0.1) is 11.3 Å². The molecular weight excluding hydrogens is 410 g/mol. The maximum atomic E-state index is 13.4. The summed E-state index contributed by atoms with van der Waals surface area (Å²) in [6.07, 6.45) is 1.45. The average Bonchev–Trinajstić information content (AvgIpc) is 3.11. The summed E-state index contributed by atoms with van der Waals surface area (Å²) >= 11 is 1.49. The molecule has 0 saturated heterocycles. The Morgan fingerprint density at radius 2 is 1.84 bits per heavy atom. The third-order valence-corrected chi connectivity index (χ3v) is 6.33. The number of fused-ring (bicyclic) bond motifs is 1. The van der Waals surface area contributed by atoms with Crippen LogP contribution >= 0.6 is 11.3 Å². The van der Waals surface area contributed by atoms with Crippen LogP contribution in [0.1, 0.15) is 23.4 Å². The summed E-state index contributed by atoms with van der Waals surface area (Å²) in [5.74, 6) is 0.232. The van der Waals surface area contributed by atoms with E-state index in [4.69, 9.17) is 4.74 Å². The Morgan fingerprint density at radius 3 is 2.55 bits per heavy atom. The fourth-order valence-corrected chi connectivity index (χ4v) is 4.57. The van der Waals surface area contributed by atoms with Gasteiger partial charge in [-0.05, 0) is 38.5 Å². The lowest BCUT2D eigenvalue weighted by Gasteiger charge is -2.16. The second-order valence-corrected chi connectivity index (χ2v) is 8.61. The number of hydrogen-bond donors (Lipinski definition) is 1. The summed E-state index contributed by atoms with van der Waals surface area (Å²) in [4.78, 5) is 32.5. The predicted octanol–water partition coefficient (Wildman–Crippen LogP) is 4.95. The van der Waals surface area contributed by atoms with Gasteiger partial charge in [0.05, 0.1) is 24.5 Å². The minimum atomic E-state index is -0.750. The van der Waals surface area contributed by atoms with Crippen molar-refractivity contribution in [2.24, 2.45) is 0 Å². The van der Waals surface area contributed by atoms with Crippen molar-refractivity contribution >= 4 is 33.1 Å². The smallest absolute Gasteiger partial charge is 0.263 e. The van der Waals surface area contributed by atoms with E-state index >= 15 is 0 Å². The van der Waals surface area contributed by atoms with Crippen LogP contribution in [0.15, 0.2) is 59.7 Å². The van der Waals surface area contributed by atoms with Gasteiger partial charge < -0.3 is 10.1 Å². The molecule has 4 aromatic rings. The van der Waals surface area contributed by atoms with Gasteiger partial charge in [0.2, 0.25) is 5.91 Å². The maximum absolute atomic E-state index is 13.4. The number of nitrogens with zero attached hydrogens (tertiary/aromatic N) is 2. The molecule has 0 aliphatic carbocycles. The number of para-hydroxylation sites is 2. The van der Waals surface area contributed by atoms with Gasteiger partial charge in [0.1, 0.15) is 16.6 Å². The number of methoxy groups -OCH3 is 1. The second kappa shape index (κ2) is 8.35. The van der Waals surface area contributed by atoms with Crippen LogP contribution in [-0.2, 0) is 4.79 Å². The Labute approximate surface area is 184 Å². The first-order valence-corrected chi connectivity index (χ1v) is 10.7. The van der Waals surface area contributed by atoms with Crippen molar-refractivity contribution in [1.29, 1.82) is 0 Å². The molecule has 0 bridgehead atoms. The van der Waals surface area contributed by atoms with E-state index < -0.39 is 6.04 Å². The van der Waals surface area contributed by atoms with Crippen LogP contribution in [0, 0.1) is 13.8 Å². The molecule has 6 nitrogen and oxygen atoms in total. The predicted molar refractivity (Wildman–Crippen MR) is 125 cm³/mol. The monoisotopic (exact) mass is 433 g/mol. The van der Waals surface area contributed by atoms with Crippen LogP contribution in [0.4, 0.5) is 5.69 Å². The van der Waals surface area contributed by atoms with E-state index in [1.807, 2.05) is 50.2 Å². The van der Waals surface area contributed by atoms with Gasteiger partial charge in [-0.25, -0.2) is 4.98 Å². The molecule has 0 aliphatic rings. The van der Waals surface area contributed by atoms with Crippen molar-refractivity contribution in [1.82, 2.24) is 9.55 Å². The van der Waals surface area contributed by atoms with Gasteiger partial charge in [0.15, 0.2) is 0 Å². The van der Waals surface area contributed by atoms with Gasteiger partial charge in [0, 0.05) is 10.4 Å². The molecule has 0 aliphatic heterocycles. The highest BCUT2D eigenvalue weighted by Crippen LogP contribution is 2.35. The van der Waals surface area contributed by atoms with Crippen LogP contribution in [0.2, 0.25) is 0 Å². The molecule has 0 radical (unpaired) electrons. The van der Waals surface area contributed by atoms with Crippen molar-refractivity contribution in [3.8, 4) is 16.9 Å². The van der Waals surface area contributed by atoms with E-state index in [1.54, 1.807) is 26.2 Å². The topological polar surface area (TPSA) is 73.2 Å². The summed E-state index contributed by atoms with van der Waals surface area (Å²) in [5.41, 5.74) is 3.32. The molecule has 0 spiro atoms. The Morgan fingerprint density at radius 1 is 1.13 bits per heavy atom. The molecule has 1 amide bonds. The number of carbonyl (C=O) groups excluding carboxylic acids is 1. The molecule has 1 atom stereocenters. The van der Waals surface area contributed by atoms with Crippen molar-refractivity contribution in [3.63, 3.8) is 0 Å². The molecule has 1 N–H and O–H groups in total. The van der Waals surface area contributed by atoms with E-state index in [0.717, 1.165) is 21.6 Å². The van der Waals surface area contributed by atoms with Crippen LogP contribution < -0.4 is 15.6 Å². The lowest BCUT2D eigenvalue weighted by atomic mass is 10.0. The summed E-state index contributed by atoms with van der Waals surface area (Å²) < 4.78 is 6.68. The minimum Gasteiger partial charge on any atom is -0.495 e.